The van der Waals surface area contributed by atoms with Gasteiger partial charge >= 0.3 is 0 Å². The van der Waals surface area contributed by atoms with Crippen molar-refractivity contribution in [3.05, 3.63) is 29.6 Å². The van der Waals surface area contributed by atoms with Crippen LogP contribution in [0.2, 0.25) is 0 Å². The molecule has 2 heterocycles. The summed E-state index contributed by atoms with van der Waals surface area (Å²) in [6, 6.07) is 3.75. The standard InChI is InChI=1S/C14H20N2O/c1-14(2,3)12-10-11(6-7-15-12)13(17)16-8-4-5-9-16/h6-7,10H,4-5,8-9H2,1-3H3. The predicted octanol–water partition coefficient (Wildman–Crippen LogP) is 2.62. The largest absolute Gasteiger partial charge is 0.339 e. The van der Waals surface area contributed by atoms with Crippen LogP contribution in [0.5, 0.6) is 0 Å². The number of carbonyl (C=O) groups excluding carboxylic acids is 1. The molecule has 1 aromatic rings. The molecule has 1 aromatic heterocycles. The van der Waals surface area contributed by atoms with Crippen LogP contribution < -0.4 is 0 Å². The molecule has 92 valence electrons. The van der Waals surface area contributed by atoms with Crippen LogP contribution in [0.25, 0.3) is 0 Å². The first-order chi connectivity index (χ1) is 7.98. The van der Waals surface area contributed by atoms with Crippen LogP contribution in [0, 0.1) is 0 Å². The van der Waals surface area contributed by atoms with Crippen LogP contribution in [0.15, 0.2) is 18.3 Å². The monoisotopic (exact) mass is 232 g/mol. The van der Waals surface area contributed by atoms with Gasteiger partial charge in [-0.15, -0.1) is 0 Å². The SMILES string of the molecule is CC(C)(C)c1cc(C(=O)N2CCCC2)ccn1. The summed E-state index contributed by atoms with van der Waals surface area (Å²) >= 11 is 0. The van der Waals surface area contributed by atoms with Gasteiger partial charge < -0.3 is 4.90 Å². The van der Waals surface area contributed by atoms with Gasteiger partial charge in [0, 0.05) is 36.0 Å². The molecule has 0 spiro atoms. The van der Waals surface area contributed by atoms with Gasteiger partial charge in [-0.25, -0.2) is 0 Å². The quantitative estimate of drug-likeness (QED) is 0.745. The fraction of sp³-hybridized carbons (Fsp3) is 0.571. The van der Waals surface area contributed by atoms with Gasteiger partial charge in [0.2, 0.25) is 0 Å². The van der Waals surface area contributed by atoms with E-state index in [-0.39, 0.29) is 11.3 Å². The molecule has 17 heavy (non-hydrogen) atoms. The highest BCUT2D eigenvalue weighted by atomic mass is 16.2. The summed E-state index contributed by atoms with van der Waals surface area (Å²) in [7, 11) is 0. The third-order valence-electron chi connectivity index (χ3n) is 3.17. The number of nitrogens with zero attached hydrogens (tertiary/aromatic N) is 2. The van der Waals surface area contributed by atoms with E-state index in [4.69, 9.17) is 0 Å². The minimum absolute atomic E-state index is 0.0126. The molecule has 0 atom stereocenters. The first-order valence-electron chi connectivity index (χ1n) is 6.24. The first-order valence-corrected chi connectivity index (χ1v) is 6.24. The average molecular weight is 232 g/mol. The van der Waals surface area contributed by atoms with Crippen molar-refractivity contribution >= 4 is 5.91 Å². The maximum absolute atomic E-state index is 12.2. The van der Waals surface area contributed by atoms with E-state index in [1.54, 1.807) is 6.20 Å². The summed E-state index contributed by atoms with van der Waals surface area (Å²) in [6.45, 7) is 8.12. The lowest BCUT2D eigenvalue weighted by molar-refractivity contribution is 0.0792. The van der Waals surface area contributed by atoms with E-state index in [0.717, 1.165) is 37.2 Å². The molecule has 1 aliphatic rings. The molecule has 0 unspecified atom stereocenters. The molecule has 0 bridgehead atoms. The molecule has 0 aliphatic carbocycles. The summed E-state index contributed by atoms with van der Waals surface area (Å²) in [6.07, 6.45) is 4.00. The zero-order valence-electron chi connectivity index (χ0n) is 10.9. The van der Waals surface area contributed by atoms with Gasteiger partial charge in [0.15, 0.2) is 0 Å². The lowest BCUT2D eigenvalue weighted by Crippen LogP contribution is -2.28. The van der Waals surface area contributed by atoms with Gasteiger partial charge in [-0.2, -0.15) is 0 Å². The summed E-state index contributed by atoms with van der Waals surface area (Å²) < 4.78 is 0. The van der Waals surface area contributed by atoms with Gasteiger partial charge in [-0.05, 0) is 25.0 Å². The van der Waals surface area contributed by atoms with Gasteiger partial charge in [0.05, 0.1) is 0 Å². The van der Waals surface area contributed by atoms with Crippen LogP contribution in [-0.2, 0) is 5.41 Å². The van der Waals surface area contributed by atoms with Crippen molar-refractivity contribution in [2.24, 2.45) is 0 Å². The summed E-state index contributed by atoms with van der Waals surface area (Å²) in [5.41, 5.74) is 1.73. The van der Waals surface area contributed by atoms with Crippen molar-refractivity contribution in [1.29, 1.82) is 0 Å². The molecule has 0 radical (unpaired) electrons. The normalized spacial score (nSPS) is 16.3. The lowest BCUT2D eigenvalue weighted by Gasteiger charge is -2.20. The molecule has 1 aliphatic heterocycles. The van der Waals surface area contributed by atoms with E-state index in [0.29, 0.717) is 0 Å². The van der Waals surface area contributed by atoms with Crippen molar-refractivity contribution in [1.82, 2.24) is 9.88 Å². The third-order valence-corrected chi connectivity index (χ3v) is 3.17. The highest BCUT2D eigenvalue weighted by Gasteiger charge is 2.22. The number of hydrogen-bond acceptors (Lipinski definition) is 2. The number of likely N-dealkylation sites (tertiary alicyclic amines) is 1. The van der Waals surface area contributed by atoms with Crippen molar-refractivity contribution in [2.45, 2.75) is 39.0 Å². The Morgan fingerprint density at radius 1 is 1.29 bits per heavy atom. The van der Waals surface area contributed by atoms with Gasteiger partial charge in [-0.1, -0.05) is 20.8 Å². The van der Waals surface area contributed by atoms with Crippen molar-refractivity contribution in [3.63, 3.8) is 0 Å². The van der Waals surface area contributed by atoms with Gasteiger partial charge in [0.25, 0.3) is 5.91 Å². The molecule has 1 amide bonds. The Morgan fingerprint density at radius 2 is 1.94 bits per heavy atom. The molecule has 1 saturated heterocycles. The zero-order valence-corrected chi connectivity index (χ0v) is 10.9. The molecule has 1 fully saturated rings. The number of rotatable bonds is 1. The van der Waals surface area contributed by atoms with Crippen molar-refractivity contribution in [2.75, 3.05) is 13.1 Å². The Kier molecular flexibility index (Phi) is 3.18. The highest BCUT2D eigenvalue weighted by molar-refractivity contribution is 5.94. The van der Waals surface area contributed by atoms with Crippen LogP contribution >= 0.6 is 0 Å². The maximum Gasteiger partial charge on any atom is 0.253 e. The second kappa shape index (κ2) is 4.47. The number of carbonyl (C=O) groups is 1. The van der Waals surface area contributed by atoms with E-state index in [9.17, 15) is 4.79 Å². The van der Waals surface area contributed by atoms with Crippen molar-refractivity contribution in [3.8, 4) is 0 Å². The van der Waals surface area contributed by atoms with E-state index in [2.05, 4.69) is 25.8 Å². The second-order valence-electron chi connectivity index (χ2n) is 5.68. The Labute approximate surface area is 103 Å². The van der Waals surface area contributed by atoms with Gasteiger partial charge in [0.1, 0.15) is 0 Å². The van der Waals surface area contributed by atoms with E-state index >= 15 is 0 Å². The molecule has 3 nitrogen and oxygen atoms in total. The number of hydrogen-bond donors (Lipinski definition) is 0. The first kappa shape index (κ1) is 12.1. The average Bonchev–Trinajstić information content (AvgIpc) is 2.80. The fourth-order valence-electron chi connectivity index (χ4n) is 2.08. The fourth-order valence-corrected chi connectivity index (χ4v) is 2.08. The molecular weight excluding hydrogens is 212 g/mol. The Bertz CT molecular complexity index is 414. The summed E-state index contributed by atoms with van der Waals surface area (Å²) in [4.78, 5) is 18.5. The molecule has 2 rings (SSSR count). The Morgan fingerprint density at radius 3 is 2.53 bits per heavy atom. The lowest BCUT2D eigenvalue weighted by atomic mass is 9.91. The molecule has 0 aromatic carbocycles. The van der Waals surface area contributed by atoms with E-state index in [1.165, 1.54) is 0 Å². The third kappa shape index (κ3) is 2.65. The van der Waals surface area contributed by atoms with Crippen LogP contribution in [0.3, 0.4) is 0 Å². The Hall–Kier alpha value is -1.38. The summed E-state index contributed by atoms with van der Waals surface area (Å²) in [5, 5.41) is 0. The Balaban J connectivity index is 2.24. The highest BCUT2D eigenvalue weighted by Crippen LogP contribution is 2.21. The van der Waals surface area contributed by atoms with Crippen LogP contribution in [-0.4, -0.2) is 28.9 Å². The topological polar surface area (TPSA) is 33.2 Å². The second-order valence-corrected chi connectivity index (χ2v) is 5.68. The van der Waals surface area contributed by atoms with Gasteiger partial charge in [-0.3, -0.25) is 9.78 Å². The number of amides is 1. The summed E-state index contributed by atoms with van der Waals surface area (Å²) in [5.74, 6) is 0.149. The van der Waals surface area contributed by atoms with Crippen molar-refractivity contribution < 1.29 is 4.79 Å². The van der Waals surface area contributed by atoms with Crippen LogP contribution in [0.1, 0.15) is 49.7 Å². The van der Waals surface area contributed by atoms with Crippen LogP contribution in [0.4, 0.5) is 0 Å². The van der Waals surface area contributed by atoms with E-state index in [1.807, 2.05) is 17.0 Å². The molecule has 0 N–H and O–H groups in total. The number of aromatic nitrogens is 1. The van der Waals surface area contributed by atoms with E-state index < -0.39 is 0 Å². The smallest absolute Gasteiger partial charge is 0.253 e. The molecular formula is C14H20N2O. The minimum atomic E-state index is -0.0126. The predicted molar refractivity (Wildman–Crippen MR) is 68.1 cm³/mol. The zero-order chi connectivity index (χ0) is 12.5. The maximum atomic E-state index is 12.2. The number of pyridine rings is 1. The molecule has 0 saturated carbocycles. The minimum Gasteiger partial charge on any atom is -0.339 e. The molecule has 3 heteroatoms.